The zero-order valence-electron chi connectivity index (χ0n) is 8.85. The maximum atomic E-state index is 11.9. The molecule has 1 aromatic carbocycles. The second-order valence-corrected chi connectivity index (χ2v) is 3.48. The Kier molecular flexibility index (Phi) is 2.27. The van der Waals surface area contributed by atoms with Gasteiger partial charge >= 0.3 is 0 Å². The molecule has 0 radical (unpaired) electrons. The van der Waals surface area contributed by atoms with E-state index in [1.807, 2.05) is 0 Å². The molecule has 17 heavy (non-hydrogen) atoms. The van der Waals surface area contributed by atoms with Gasteiger partial charge in [0.05, 0.1) is 23.9 Å². The Hall–Kier alpha value is -2.50. The fraction of sp³-hybridized carbons (Fsp3) is 0.0909. The van der Waals surface area contributed by atoms with Crippen molar-refractivity contribution in [3.63, 3.8) is 0 Å². The van der Waals surface area contributed by atoms with E-state index in [-0.39, 0.29) is 22.6 Å². The van der Waals surface area contributed by atoms with Crippen molar-refractivity contribution in [2.45, 2.75) is 0 Å². The number of fused-ring (bicyclic) bond motifs is 1. The smallest absolute Gasteiger partial charge is 0.230 e. The minimum Gasteiger partial charge on any atom is -0.507 e. The molecule has 6 heteroatoms. The van der Waals surface area contributed by atoms with Crippen LogP contribution in [0.2, 0.25) is 0 Å². The molecule has 0 amide bonds. The molecule has 0 heterocycles. The summed E-state index contributed by atoms with van der Waals surface area (Å²) in [5, 5.41) is 19.0. The lowest BCUT2D eigenvalue weighted by molar-refractivity contribution is 0.0915. The van der Waals surface area contributed by atoms with Gasteiger partial charge in [-0.05, 0) is 0 Å². The number of carbonyl (C=O) groups excluding carboxylic acids is 2. The molecule has 2 rings (SSSR count). The van der Waals surface area contributed by atoms with Crippen molar-refractivity contribution in [2.24, 2.45) is 0 Å². The summed E-state index contributed by atoms with van der Waals surface area (Å²) < 4.78 is 4.74. The van der Waals surface area contributed by atoms with Gasteiger partial charge in [-0.25, -0.2) is 0 Å². The number of aromatic hydroxyl groups is 2. The van der Waals surface area contributed by atoms with E-state index in [4.69, 9.17) is 10.5 Å². The molecule has 1 aromatic rings. The highest BCUT2D eigenvalue weighted by molar-refractivity contribution is 6.27. The van der Waals surface area contributed by atoms with Gasteiger partial charge in [-0.15, -0.1) is 0 Å². The lowest BCUT2D eigenvalue weighted by Crippen LogP contribution is -2.20. The number of nitrogen functional groups attached to an aromatic ring is 1. The molecule has 1 aliphatic rings. The number of nitrogens with two attached hydrogens (primary N) is 1. The Morgan fingerprint density at radius 2 is 1.82 bits per heavy atom. The highest BCUT2D eigenvalue weighted by Gasteiger charge is 2.32. The van der Waals surface area contributed by atoms with Crippen LogP contribution in [0, 0.1) is 0 Å². The maximum absolute atomic E-state index is 11.9. The molecule has 0 aliphatic heterocycles. The fourth-order valence-electron chi connectivity index (χ4n) is 1.69. The number of benzene rings is 1. The predicted octanol–water partition coefficient (Wildman–Crippen LogP) is 0.589. The molecule has 0 saturated carbocycles. The lowest BCUT2D eigenvalue weighted by atomic mass is 9.91. The molecular formula is C11H9NO5. The number of phenols is 2. The van der Waals surface area contributed by atoms with Crippen LogP contribution in [-0.2, 0) is 4.74 Å². The predicted molar refractivity (Wildman–Crippen MR) is 57.9 cm³/mol. The number of Topliss-reactive ketones (excluding diaryl/α,β-unsaturated/α-hetero) is 1. The van der Waals surface area contributed by atoms with E-state index in [2.05, 4.69) is 0 Å². The Labute approximate surface area is 95.9 Å². The first kappa shape index (κ1) is 11.0. The van der Waals surface area contributed by atoms with Gasteiger partial charge in [-0.1, -0.05) is 0 Å². The average Bonchev–Trinajstić information content (AvgIpc) is 2.28. The van der Waals surface area contributed by atoms with E-state index in [1.54, 1.807) is 0 Å². The van der Waals surface area contributed by atoms with E-state index in [0.29, 0.717) is 0 Å². The largest absolute Gasteiger partial charge is 0.507 e. The van der Waals surface area contributed by atoms with Crippen LogP contribution >= 0.6 is 0 Å². The summed E-state index contributed by atoms with van der Waals surface area (Å²) in [6, 6.07) is 0.922. The quantitative estimate of drug-likeness (QED) is 0.373. The molecule has 0 fully saturated rings. The average molecular weight is 235 g/mol. The molecule has 0 saturated heterocycles. The van der Waals surface area contributed by atoms with Crippen molar-refractivity contribution >= 4 is 17.3 Å². The fourth-order valence-corrected chi connectivity index (χ4v) is 1.69. The number of anilines is 1. The molecule has 4 N–H and O–H groups in total. The number of ketones is 2. The normalized spacial score (nSPS) is 14.3. The molecule has 88 valence electrons. The molecule has 0 atom stereocenters. The van der Waals surface area contributed by atoms with Crippen LogP contribution in [0.4, 0.5) is 5.69 Å². The van der Waals surface area contributed by atoms with Gasteiger partial charge in [0.2, 0.25) is 5.78 Å². The van der Waals surface area contributed by atoms with E-state index in [9.17, 15) is 19.8 Å². The van der Waals surface area contributed by atoms with Crippen LogP contribution in [0.5, 0.6) is 11.5 Å². The summed E-state index contributed by atoms with van der Waals surface area (Å²) in [6.45, 7) is 0. The van der Waals surface area contributed by atoms with Crippen LogP contribution in [0.3, 0.4) is 0 Å². The monoisotopic (exact) mass is 235 g/mol. The second kappa shape index (κ2) is 3.51. The number of hydrogen-bond acceptors (Lipinski definition) is 6. The van der Waals surface area contributed by atoms with Gasteiger partial charge in [0.15, 0.2) is 11.5 Å². The van der Waals surface area contributed by atoms with Crippen molar-refractivity contribution in [2.75, 3.05) is 12.8 Å². The van der Waals surface area contributed by atoms with Crippen LogP contribution in [-0.4, -0.2) is 28.9 Å². The van der Waals surface area contributed by atoms with E-state index in [1.165, 1.54) is 7.11 Å². The zero-order chi connectivity index (χ0) is 12.7. The van der Waals surface area contributed by atoms with E-state index in [0.717, 1.165) is 12.1 Å². The van der Waals surface area contributed by atoms with Crippen molar-refractivity contribution in [1.29, 1.82) is 0 Å². The number of rotatable bonds is 1. The summed E-state index contributed by atoms with van der Waals surface area (Å²) in [6.07, 6.45) is 0.973. The van der Waals surface area contributed by atoms with E-state index < -0.39 is 23.1 Å². The Morgan fingerprint density at radius 1 is 1.18 bits per heavy atom. The van der Waals surface area contributed by atoms with Crippen LogP contribution in [0.15, 0.2) is 17.9 Å². The van der Waals surface area contributed by atoms with Crippen molar-refractivity contribution < 1.29 is 24.5 Å². The highest BCUT2D eigenvalue weighted by Crippen LogP contribution is 2.38. The minimum absolute atomic E-state index is 0.181. The molecule has 0 bridgehead atoms. The summed E-state index contributed by atoms with van der Waals surface area (Å²) in [4.78, 5) is 23.5. The SMILES string of the molecule is COC1=CC(=O)c2c(O)cc(O)c(N)c2C1=O. The van der Waals surface area contributed by atoms with Gasteiger partial charge in [0, 0.05) is 12.1 Å². The number of allylic oxidation sites excluding steroid dienone is 2. The van der Waals surface area contributed by atoms with Crippen LogP contribution in [0.1, 0.15) is 20.7 Å². The Bertz CT molecular complexity index is 574. The first-order valence-electron chi connectivity index (χ1n) is 4.66. The molecule has 0 aromatic heterocycles. The van der Waals surface area contributed by atoms with Crippen molar-refractivity contribution in [3.8, 4) is 11.5 Å². The van der Waals surface area contributed by atoms with Gasteiger partial charge in [0.1, 0.15) is 11.5 Å². The zero-order valence-corrected chi connectivity index (χ0v) is 8.85. The highest BCUT2D eigenvalue weighted by atomic mass is 16.5. The molecule has 6 nitrogen and oxygen atoms in total. The third-order valence-corrected chi connectivity index (χ3v) is 2.50. The maximum Gasteiger partial charge on any atom is 0.230 e. The molecule has 0 unspecified atom stereocenters. The Balaban J connectivity index is 2.80. The molecule has 1 aliphatic carbocycles. The van der Waals surface area contributed by atoms with Gasteiger partial charge in [-0.3, -0.25) is 9.59 Å². The number of carbonyl (C=O) groups is 2. The van der Waals surface area contributed by atoms with Gasteiger partial charge in [-0.2, -0.15) is 0 Å². The summed E-state index contributed by atoms with van der Waals surface area (Å²) >= 11 is 0. The molecular weight excluding hydrogens is 226 g/mol. The first-order valence-corrected chi connectivity index (χ1v) is 4.66. The third-order valence-electron chi connectivity index (χ3n) is 2.50. The number of ether oxygens (including phenoxy) is 1. The minimum atomic E-state index is -0.647. The van der Waals surface area contributed by atoms with Crippen LogP contribution in [0.25, 0.3) is 0 Å². The van der Waals surface area contributed by atoms with Gasteiger partial charge < -0.3 is 20.7 Å². The van der Waals surface area contributed by atoms with Crippen molar-refractivity contribution in [1.82, 2.24) is 0 Å². The first-order chi connectivity index (χ1) is 7.97. The summed E-state index contributed by atoms with van der Waals surface area (Å²) in [5.41, 5.74) is 4.83. The number of hydrogen-bond donors (Lipinski definition) is 3. The van der Waals surface area contributed by atoms with Crippen LogP contribution < -0.4 is 5.73 Å². The summed E-state index contributed by atoms with van der Waals surface area (Å²) in [5.74, 6) is -2.37. The Morgan fingerprint density at radius 3 is 2.41 bits per heavy atom. The number of phenolic OH excluding ortho intramolecular Hbond substituents is 2. The van der Waals surface area contributed by atoms with Gasteiger partial charge in [0.25, 0.3) is 0 Å². The standard InChI is InChI=1S/C11H9NO5/c1-17-7-3-5(14)8-4(13)2-6(15)10(12)9(8)11(7)16/h2-3,13,15H,12H2,1H3. The summed E-state index contributed by atoms with van der Waals surface area (Å²) in [7, 11) is 1.24. The topological polar surface area (TPSA) is 110 Å². The van der Waals surface area contributed by atoms with E-state index >= 15 is 0 Å². The molecule has 0 spiro atoms. The second-order valence-electron chi connectivity index (χ2n) is 3.48. The third kappa shape index (κ3) is 1.42. The number of methoxy groups -OCH3 is 1. The van der Waals surface area contributed by atoms with Crippen molar-refractivity contribution in [3.05, 3.63) is 29.0 Å². The lowest BCUT2D eigenvalue weighted by Gasteiger charge is -2.17.